The summed E-state index contributed by atoms with van der Waals surface area (Å²) in [6, 6.07) is 26.1. The van der Waals surface area contributed by atoms with Crippen LogP contribution in [-0.4, -0.2) is 41.9 Å². The molecule has 1 atom stereocenters. The average Bonchev–Trinajstić information content (AvgIpc) is 3.36. The third kappa shape index (κ3) is 6.10. The lowest BCUT2D eigenvalue weighted by Gasteiger charge is -2.14. The van der Waals surface area contributed by atoms with Gasteiger partial charge >= 0.3 is 0 Å². The monoisotopic (exact) mass is 501 g/mol. The maximum Gasteiger partial charge on any atom is 0.233 e. The SMILES string of the molecule is CCC(Sc1nc(-c2ccccc2)c(-c2ccccc2)[nH]1)C(=O)NCCc1ccc(OC)c(OC)c1. The Morgan fingerprint density at radius 3 is 2.25 bits per heavy atom. The Morgan fingerprint density at radius 2 is 1.61 bits per heavy atom. The van der Waals surface area contributed by atoms with Gasteiger partial charge in [0.25, 0.3) is 0 Å². The lowest BCUT2D eigenvalue weighted by atomic mass is 10.1. The van der Waals surface area contributed by atoms with Crippen LogP contribution in [-0.2, 0) is 11.2 Å². The minimum Gasteiger partial charge on any atom is -0.493 e. The zero-order chi connectivity index (χ0) is 25.3. The number of aromatic amines is 1. The second kappa shape index (κ2) is 12.3. The van der Waals surface area contributed by atoms with Gasteiger partial charge in [0.1, 0.15) is 0 Å². The van der Waals surface area contributed by atoms with Crippen molar-refractivity contribution in [3.05, 3.63) is 84.4 Å². The number of imidazole rings is 1. The molecule has 0 aliphatic heterocycles. The molecule has 4 aromatic rings. The van der Waals surface area contributed by atoms with Crippen LogP contribution in [0.5, 0.6) is 11.5 Å². The largest absolute Gasteiger partial charge is 0.493 e. The first-order chi connectivity index (χ1) is 17.6. The number of thioether (sulfide) groups is 1. The zero-order valence-corrected chi connectivity index (χ0v) is 21.6. The summed E-state index contributed by atoms with van der Waals surface area (Å²) in [5, 5.41) is 3.56. The molecule has 0 aliphatic carbocycles. The maximum atomic E-state index is 13.0. The molecule has 0 radical (unpaired) electrons. The lowest BCUT2D eigenvalue weighted by Crippen LogP contribution is -2.33. The van der Waals surface area contributed by atoms with Crippen LogP contribution < -0.4 is 14.8 Å². The molecule has 1 amide bonds. The summed E-state index contributed by atoms with van der Waals surface area (Å²) in [7, 11) is 3.23. The smallest absolute Gasteiger partial charge is 0.233 e. The quantitative estimate of drug-likeness (QED) is 0.247. The molecule has 0 saturated carbocycles. The third-order valence-electron chi connectivity index (χ3n) is 5.87. The van der Waals surface area contributed by atoms with E-state index in [0.717, 1.165) is 33.2 Å². The molecule has 7 heteroatoms. The standard InChI is InChI=1S/C29H31N3O3S/c1-4-25(28(33)30-18-17-20-15-16-23(34-2)24(19-20)35-3)36-29-31-26(21-11-7-5-8-12-21)27(32-29)22-13-9-6-10-14-22/h5-16,19,25H,4,17-18H2,1-3H3,(H,30,33)(H,31,32). The van der Waals surface area contributed by atoms with Crippen molar-refractivity contribution in [3.8, 4) is 34.0 Å². The van der Waals surface area contributed by atoms with Crippen LogP contribution in [0, 0.1) is 0 Å². The van der Waals surface area contributed by atoms with E-state index in [1.54, 1.807) is 14.2 Å². The van der Waals surface area contributed by atoms with Crippen molar-refractivity contribution in [3.63, 3.8) is 0 Å². The lowest BCUT2D eigenvalue weighted by molar-refractivity contribution is -0.120. The second-order valence-corrected chi connectivity index (χ2v) is 9.43. The number of aromatic nitrogens is 2. The minimum absolute atomic E-state index is 0.00176. The Kier molecular flexibility index (Phi) is 8.68. The normalized spacial score (nSPS) is 11.6. The number of amides is 1. The molecule has 1 aromatic heterocycles. The molecule has 0 aliphatic rings. The Morgan fingerprint density at radius 1 is 0.944 bits per heavy atom. The Balaban J connectivity index is 1.45. The summed E-state index contributed by atoms with van der Waals surface area (Å²) in [6.07, 6.45) is 1.39. The predicted octanol–water partition coefficient (Wildman–Crippen LogP) is 5.99. The number of nitrogens with one attached hydrogen (secondary N) is 2. The number of hydrogen-bond acceptors (Lipinski definition) is 5. The van der Waals surface area contributed by atoms with E-state index in [0.29, 0.717) is 30.9 Å². The number of methoxy groups -OCH3 is 2. The Hall–Kier alpha value is -3.71. The van der Waals surface area contributed by atoms with Crippen LogP contribution in [0.3, 0.4) is 0 Å². The third-order valence-corrected chi connectivity index (χ3v) is 7.12. The Bertz CT molecular complexity index is 1220. The van der Waals surface area contributed by atoms with Crippen molar-refractivity contribution in [2.45, 2.75) is 30.2 Å². The van der Waals surface area contributed by atoms with Crippen molar-refractivity contribution < 1.29 is 14.3 Å². The highest BCUT2D eigenvalue weighted by Crippen LogP contribution is 2.34. The van der Waals surface area contributed by atoms with Gasteiger partial charge in [0.05, 0.1) is 30.9 Å². The molecule has 3 aromatic carbocycles. The van der Waals surface area contributed by atoms with E-state index < -0.39 is 0 Å². The molecule has 0 saturated heterocycles. The van der Waals surface area contributed by atoms with Crippen molar-refractivity contribution in [2.24, 2.45) is 0 Å². The number of benzene rings is 3. The summed E-state index contributed by atoms with van der Waals surface area (Å²) in [5.74, 6) is 1.38. The maximum absolute atomic E-state index is 13.0. The van der Waals surface area contributed by atoms with Crippen LogP contribution in [0.15, 0.2) is 84.0 Å². The van der Waals surface area contributed by atoms with Gasteiger partial charge < -0.3 is 19.8 Å². The summed E-state index contributed by atoms with van der Waals surface area (Å²) >= 11 is 1.46. The van der Waals surface area contributed by atoms with E-state index in [9.17, 15) is 4.79 Å². The van der Waals surface area contributed by atoms with Gasteiger partial charge in [0.2, 0.25) is 5.91 Å². The molecule has 0 spiro atoms. The predicted molar refractivity (Wildman–Crippen MR) is 146 cm³/mol. The summed E-state index contributed by atoms with van der Waals surface area (Å²) in [4.78, 5) is 21.4. The molecular weight excluding hydrogens is 470 g/mol. The van der Waals surface area contributed by atoms with Crippen LogP contribution in [0.25, 0.3) is 22.5 Å². The molecule has 2 N–H and O–H groups in total. The van der Waals surface area contributed by atoms with Gasteiger partial charge in [-0.25, -0.2) is 4.98 Å². The first-order valence-electron chi connectivity index (χ1n) is 12.0. The molecule has 4 rings (SSSR count). The first-order valence-corrected chi connectivity index (χ1v) is 12.9. The average molecular weight is 502 g/mol. The van der Waals surface area contributed by atoms with Gasteiger partial charge in [-0.05, 0) is 30.5 Å². The highest BCUT2D eigenvalue weighted by molar-refractivity contribution is 8.00. The number of H-pyrrole nitrogens is 1. The topological polar surface area (TPSA) is 76.2 Å². The van der Waals surface area contributed by atoms with Gasteiger partial charge in [0, 0.05) is 17.7 Å². The molecule has 0 bridgehead atoms. The van der Waals surface area contributed by atoms with E-state index in [1.165, 1.54) is 11.8 Å². The molecule has 1 unspecified atom stereocenters. The fourth-order valence-electron chi connectivity index (χ4n) is 3.96. The molecular formula is C29H31N3O3S. The number of rotatable bonds is 11. The van der Waals surface area contributed by atoms with E-state index >= 15 is 0 Å². The van der Waals surface area contributed by atoms with Gasteiger partial charge in [-0.15, -0.1) is 0 Å². The molecule has 36 heavy (non-hydrogen) atoms. The van der Waals surface area contributed by atoms with Gasteiger partial charge in [-0.1, -0.05) is 85.4 Å². The number of carbonyl (C=O) groups excluding carboxylic acids is 1. The van der Waals surface area contributed by atoms with E-state index in [4.69, 9.17) is 14.5 Å². The summed E-state index contributed by atoms with van der Waals surface area (Å²) in [5.41, 5.74) is 5.00. The summed E-state index contributed by atoms with van der Waals surface area (Å²) < 4.78 is 10.7. The fourth-order valence-corrected chi connectivity index (χ4v) is 4.89. The van der Waals surface area contributed by atoms with Crippen LogP contribution in [0.4, 0.5) is 0 Å². The van der Waals surface area contributed by atoms with Crippen LogP contribution in [0.1, 0.15) is 18.9 Å². The van der Waals surface area contributed by atoms with E-state index in [-0.39, 0.29) is 11.2 Å². The van der Waals surface area contributed by atoms with Crippen molar-refractivity contribution >= 4 is 17.7 Å². The van der Waals surface area contributed by atoms with E-state index in [2.05, 4.69) is 34.6 Å². The van der Waals surface area contributed by atoms with Gasteiger partial charge in [-0.3, -0.25) is 4.79 Å². The van der Waals surface area contributed by atoms with Gasteiger partial charge in [-0.2, -0.15) is 0 Å². The number of ether oxygens (including phenoxy) is 2. The van der Waals surface area contributed by atoms with Crippen LogP contribution >= 0.6 is 11.8 Å². The molecule has 0 fully saturated rings. The van der Waals surface area contributed by atoms with E-state index in [1.807, 2.05) is 61.5 Å². The number of nitrogens with zero attached hydrogens (tertiary/aromatic N) is 1. The second-order valence-electron chi connectivity index (χ2n) is 8.24. The van der Waals surface area contributed by atoms with Gasteiger partial charge in [0.15, 0.2) is 16.7 Å². The van der Waals surface area contributed by atoms with Crippen molar-refractivity contribution in [1.29, 1.82) is 0 Å². The number of carbonyl (C=O) groups is 1. The Labute approximate surface area is 216 Å². The zero-order valence-electron chi connectivity index (χ0n) is 20.8. The fraction of sp³-hybridized carbons (Fsp3) is 0.241. The minimum atomic E-state index is -0.256. The molecule has 186 valence electrons. The summed E-state index contributed by atoms with van der Waals surface area (Å²) in [6.45, 7) is 2.55. The first kappa shape index (κ1) is 25.4. The highest BCUT2D eigenvalue weighted by atomic mass is 32.2. The van der Waals surface area contributed by atoms with Crippen LogP contribution in [0.2, 0.25) is 0 Å². The number of hydrogen-bond donors (Lipinski definition) is 2. The van der Waals surface area contributed by atoms with Crippen molar-refractivity contribution in [1.82, 2.24) is 15.3 Å². The van der Waals surface area contributed by atoms with Crippen molar-refractivity contribution in [2.75, 3.05) is 20.8 Å². The molecule has 1 heterocycles. The molecule has 6 nitrogen and oxygen atoms in total. The highest BCUT2D eigenvalue weighted by Gasteiger charge is 2.22.